The molecule has 0 radical (unpaired) electrons. The van der Waals surface area contributed by atoms with Crippen molar-refractivity contribution in [3.8, 4) is 0 Å². The van der Waals surface area contributed by atoms with Gasteiger partial charge < -0.3 is 4.74 Å². The zero-order chi connectivity index (χ0) is 18.1. The summed E-state index contributed by atoms with van der Waals surface area (Å²) in [6.07, 6.45) is 6.77. The van der Waals surface area contributed by atoms with Crippen LogP contribution in [0.25, 0.3) is 6.08 Å². The van der Waals surface area contributed by atoms with Gasteiger partial charge in [0, 0.05) is 19.6 Å². The average molecular weight is 343 g/mol. The molecular weight excluding hydrogens is 314 g/mol. The number of hydrogen-bond acceptors (Lipinski definition) is 4. The number of rotatable bonds is 7. The van der Waals surface area contributed by atoms with Crippen LogP contribution in [0.2, 0.25) is 0 Å². The van der Waals surface area contributed by atoms with Gasteiger partial charge in [0.1, 0.15) is 11.6 Å². The van der Waals surface area contributed by atoms with Crippen molar-refractivity contribution in [2.45, 2.75) is 45.6 Å². The van der Waals surface area contributed by atoms with Gasteiger partial charge >= 0.3 is 0 Å². The van der Waals surface area contributed by atoms with Crippen molar-refractivity contribution in [1.29, 1.82) is 0 Å². The van der Waals surface area contributed by atoms with Gasteiger partial charge in [-0.2, -0.15) is 0 Å². The maximum atomic E-state index is 11.2. The number of piperidine rings is 1. The molecular formula is C21H29NO3. The highest BCUT2D eigenvalue weighted by atomic mass is 16.7. The third kappa shape index (κ3) is 7.27. The summed E-state index contributed by atoms with van der Waals surface area (Å²) in [4.78, 5) is 17.1. The summed E-state index contributed by atoms with van der Waals surface area (Å²) in [6, 6.07) is 10.2. The molecule has 4 heteroatoms. The zero-order valence-electron chi connectivity index (χ0n) is 15.5. The quantitative estimate of drug-likeness (QED) is 0.548. The monoisotopic (exact) mass is 343 g/mol. The van der Waals surface area contributed by atoms with E-state index < -0.39 is 0 Å². The van der Waals surface area contributed by atoms with Crippen LogP contribution in [-0.4, -0.2) is 36.4 Å². The number of hydroxylamine groups is 2. The van der Waals surface area contributed by atoms with E-state index in [1.54, 1.807) is 5.06 Å². The van der Waals surface area contributed by atoms with E-state index in [4.69, 9.17) is 9.57 Å². The Hall–Kier alpha value is -1.87. The van der Waals surface area contributed by atoms with Gasteiger partial charge in [-0.25, -0.2) is 9.86 Å². The Morgan fingerprint density at radius 1 is 1.28 bits per heavy atom. The van der Waals surface area contributed by atoms with E-state index in [1.807, 2.05) is 45.0 Å². The van der Waals surface area contributed by atoms with Gasteiger partial charge in [0.15, 0.2) is 0 Å². The first-order valence-electron chi connectivity index (χ1n) is 8.98. The molecule has 0 aliphatic carbocycles. The van der Waals surface area contributed by atoms with Crippen molar-refractivity contribution in [2.75, 3.05) is 19.8 Å². The van der Waals surface area contributed by atoms with Crippen molar-refractivity contribution in [3.05, 3.63) is 47.7 Å². The molecule has 1 heterocycles. The summed E-state index contributed by atoms with van der Waals surface area (Å²) in [7, 11) is 0. The van der Waals surface area contributed by atoms with Crippen LogP contribution in [0.15, 0.2) is 42.1 Å². The van der Waals surface area contributed by atoms with Crippen LogP contribution in [0.1, 0.15) is 45.6 Å². The average Bonchev–Trinajstić information content (AvgIpc) is 2.58. The standard InChI is InChI=1S/C21H29NO3/c1-21(2,3)25-22-13-11-19(16-20(22)17-23)12-15-24-14-7-10-18-8-5-4-6-9-18/h4-10,19H,11-16H2,1-3H3. The third-order valence-corrected chi connectivity index (χ3v) is 4.02. The van der Waals surface area contributed by atoms with E-state index in [0.717, 1.165) is 19.4 Å². The van der Waals surface area contributed by atoms with Crippen molar-refractivity contribution < 1.29 is 14.4 Å². The van der Waals surface area contributed by atoms with Crippen molar-refractivity contribution in [3.63, 3.8) is 0 Å². The fraction of sp³-hybridized carbons (Fsp3) is 0.524. The molecule has 1 aromatic rings. The second kappa shape index (κ2) is 9.57. The first kappa shape index (κ1) is 19.5. The Morgan fingerprint density at radius 3 is 2.72 bits per heavy atom. The van der Waals surface area contributed by atoms with E-state index in [0.29, 0.717) is 31.2 Å². The Morgan fingerprint density at radius 2 is 2.04 bits per heavy atom. The molecule has 25 heavy (non-hydrogen) atoms. The van der Waals surface area contributed by atoms with Gasteiger partial charge in [-0.3, -0.25) is 4.84 Å². The largest absolute Gasteiger partial charge is 0.377 e. The SMILES string of the molecule is CC(C)(C)ON1CCC(CCOCC=Cc2ccccc2)CC1=C=O. The lowest BCUT2D eigenvalue weighted by Gasteiger charge is -2.36. The normalized spacial score (nSPS) is 18.6. The maximum absolute atomic E-state index is 11.2. The molecule has 1 aromatic carbocycles. The first-order chi connectivity index (χ1) is 12.0. The second-order valence-electron chi connectivity index (χ2n) is 7.39. The highest BCUT2D eigenvalue weighted by Crippen LogP contribution is 2.29. The summed E-state index contributed by atoms with van der Waals surface area (Å²) in [5.74, 6) is 2.50. The van der Waals surface area contributed by atoms with Crippen LogP contribution in [0.5, 0.6) is 0 Å². The molecule has 1 atom stereocenters. The molecule has 0 spiro atoms. The molecule has 1 aliphatic rings. The molecule has 0 saturated carbocycles. The Labute approximate surface area is 151 Å². The van der Waals surface area contributed by atoms with Crippen molar-refractivity contribution in [1.82, 2.24) is 5.06 Å². The van der Waals surface area contributed by atoms with Crippen LogP contribution in [-0.2, 0) is 14.4 Å². The molecule has 1 aliphatic heterocycles. The van der Waals surface area contributed by atoms with Gasteiger partial charge in [-0.15, -0.1) is 0 Å². The van der Waals surface area contributed by atoms with Gasteiger partial charge in [0.25, 0.3) is 0 Å². The molecule has 0 aromatic heterocycles. The molecule has 0 bridgehead atoms. The molecule has 136 valence electrons. The minimum atomic E-state index is -0.302. The third-order valence-electron chi connectivity index (χ3n) is 4.02. The fourth-order valence-corrected chi connectivity index (χ4v) is 2.83. The van der Waals surface area contributed by atoms with Gasteiger partial charge in [0.05, 0.1) is 12.2 Å². The van der Waals surface area contributed by atoms with E-state index in [1.165, 1.54) is 5.56 Å². The van der Waals surface area contributed by atoms with Crippen LogP contribution in [0.3, 0.4) is 0 Å². The predicted molar refractivity (Wildman–Crippen MR) is 100 cm³/mol. The zero-order valence-corrected chi connectivity index (χ0v) is 15.5. The molecule has 1 fully saturated rings. The van der Waals surface area contributed by atoms with Crippen molar-refractivity contribution in [2.24, 2.45) is 5.92 Å². The first-order valence-corrected chi connectivity index (χ1v) is 8.98. The van der Waals surface area contributed by atoms with Crippen LogP contribution < -0.4 is 0 Å². The summed E-state index contributed by atoms with van der Waals surface area (Å²) in [5, 5.41) is 1.72. The molecule has 4 nitrogen and oxygen atoms in total. The van der Waals surface area contributed by atoms with Gasteiger partial charge in [-0.05, 0) is 45.1 Å². The Bertz CT molecular complexity index is 597. The number of carbonyl (C=O) groups excluding carboxylic acids is 1. The topological polar surface area (TPSA) is 38.8 Å². The lowest BCUT2D eigenvalue weighted by Crippen LogP contribution is -2.38. The smallest absolute Gasteiger partial charge is 0.148 e. The molecule has 2 rings (SSSR count). The van der Waals surface area contributed by atoms with Gasteiger partial charge in [-0.1, -0.05) is 42.5 Å². The number of allylic oxidation sites excluding steroid dienone is 1. The number of benzene rings is 1. The highest BCUT2D eigenvalue weighted by Gasteiger charge is 2.27. The summed E-state index contributed by atoms with van der Waals surface area (Å²) < 4.78 is 5.69. The van der Waals surface area contributed by atoms with Gasteiger partial charge in [0.2, 0.25) is 0 Å². The van der Waals surface area contributed by atoms with Crippen LogP contribution in [0, 0.1) is 5.92 Å². The van der Waals surface area contributed by atoms with Crippen LogP contribution >= 0.6 is 0 Å². The molecule has 0 N–H and O–H groups in total. The minimum absolute atomic E-state index is 0.302. The highest BCUT2D eigenvalue weighted by molar-refractivity contribution is 5.51. The lowest BCUT2D eigenvalue weighted by atomic mass is 9.93. The molecule has 1 saturated heterocycles. The fourth-order valence-electron chi connectivity index (χ4n) is 2.83. The van der Waals surface area contributed by atoms with E-state index in [9.17, 15) is 4.79 Å². The maximum Gasteiger partial charge on any atom is 0.148 e. The van der Waals surface area contributed by atoms with E-state index >= 15 is 0 Å². The minimum Gasteiger partial charge on any atom is -0.377 e. The lowest BCUT2D eigenvalue weighted by molar-refractivity contribution is -0.215. The summed E-state index contributed by atoms with van der Waals surface area (Å²) in [5.41, 5.74) is 1.50. The summed E-state index contributed by atoms with van der Waals surface area (Å²) in [6.45, 7) is 8.00. The van der Waals surface area contributed by atoms with E-state index in [2.05, 4.69) is 24.2 Å². The number of hydrogen-bond donors (Lipinski definition) is 0. The van der Waals surface area contributed by atoms with Crippen LogP contribution in [0.4, 0.5) is 0 Å². The predicted octanol–water partition coefficient (Wildman–Crippen LogP) is 4.26. The number of ether oxygens (including phenoxy) is 1. The van der Waals surface area contributed by atoms with Crippen molar-refractivity contribution >= 4 is 12.0 Å². The number of nitrogens with zero attached hydrogens (tertiary/aromatic N) is 1. The molecule has 0 amide bonds. The Kier molecular flexibility index (Phi) is 7.45. The summed E-state index contributed by atoms with van der Waals surface area (Å²) >= 11 is 0. The second-order valence-corrected chi connectivity index (χ2v) is 7.39. The molecule has 1 unspecified atom stereocenters. The Balaban J connectivity index is 1.67. The van der Waals surface area contributed by atoms with E-state index in [-0.39, 0.29) is 5.60 Å².